The predicted molar refractivity (Wildman–Crippen MR) is 68.1 cm³/mol. The quantitative estimate of drug-likeness (QED) is 0.910. The molecule has 4 nitrogen and oxygen atoms in total. The summed E-state index contributed by atoms with van der Waals surface area (Å²) in [6, 6.07) is 7.68. The highest BCUT2D eigenvalue weighted by molar-refractivity contribution is 6.30. The Morgan fingerprint density at radius 1 is 1.41 bits per heavy atom. The van der Waals surface area contributed by atoms with Gasteiger partial charge in [-0.2, -0.15) is 0 Å². The Morgan fingerprint density at radius 3 is 2.71 bits per heavy atom. The van der Waals surface area contributed by atoms with Crippen LogP contribution in [0.3, 0.4) is 0 Å². The van der Waals surface area contributed by atoms with Gasteiger partial charge in [0, 0.05) is 13.6 Å². The summed E-state index contributed by atoms with van der Waals surface area (Å²) in [6.07, 6.45) is 0. The molecule has 1 heterocycles. The van der Waals surface area contributed by atoms with Gasteiger partial charge in [0.2, 0.25) is 0 Å². The third-order valence-corrected chi connectivity index (χ3v) is 3.10. The van der Waals surface area contributed by atoms with Gasteiger partial charge in [0.15, 0.2) is 0 Å². The lowest BCUT2D eigenvalue weighted by Crippen LogP contribution is -1.97. The number of hydrogen-bond acceptors (Lipinski definition) is 3. The minimum Gasteiger partial charge on any atom is -0.496 e. The first kappa shape index (κ1) is 12.0. The topological polar surface area (TPSA) is 53.1 Å². The second-order valence-electron chi connectivity index (χ2n) is 3.64. The molecule has 0 aliphatic heterocycles. The van der Waals surface area contributed by atoms with Crippen molar-refractivity contribution in [1.82, 2.24) is 9.55 Å². The molecule has 0 aliphatic rings. The second kappa shape index (κ2) is 4.77. The number of imidazole rings is 1. The monoisotopic (exact) mass is 251 g/mol. The first-order chi connectivity index (χ1) is 8.19. The number of halogens is 1. The van der Waals surface area contributed by atoms with Crippen LogP contribution in [0.15, 0.2) is 24.3 Å². The number of ether oxygens (including phenoxy) is 1. The minimum atomic E-state index is 0.321. The van der Waals surface area contributed by atoms with Gasteiger partial charge in [-0.1, -0.05) is 23.7 Å². The van der Waals surface area contributed by atoms with E-state index in [4.69, 9.17) is 22.1 Å². The van der Waals surface area contributed by atoms with Gasteiger partial charge >= 0.3 is 0 Å². The summed E-state index contributed by atoms with van der Waals surface area (Å²) >= 11 is 6.14. The maximum absolute atomic E-state index is 6.14. The fourth-order valence-corrected chi connectivity index (χ4v) is 1.94. The third-order valence-electron chi connectivity index (χ3n) is 2.63. The second-order valence-corrected chi connectivity index (χ2v) is 3.99. The fourth-order valence-electron chi connectivity index (χ4n) is 1.74. The molecule has 5 heteroatoms. The standard InChI is InChI=1S/C12H14ClN3O/c1-16-11(13)9(7-14)15-12(16)8-5-3-4-6-10(8)17-2/h3-6H,7,14H2,1-2H3. The van der Waals surface area contributed by atoms with Crippen LogP contribution < -0.4 is 10.5 Å². The SMILES string of the molecule is COc1ccccc1-c1nc(CN)c(Cl)n1C. The summed E-state index contributed by atoms with van der Waals surface area (Å²) in [7, 11) is 3.49. The van der Waals surface area contributed by atoms with E-state index < -0.39 is 0 Å². The van der Waals surface area contributed by atoms with Crippen LogP contribution in [0.4, 0.5) is 0 Å². The van der Waals surface area contributed by atoms with Crippen molar-refractivity contribution in [2.45, 2.75) is 6.54 Å². The molecule has 17 heavy (non-hydrogen) atoms. The Labute approximate surface area is 105 Å². The van der Waals surface area contributed by atoms with Gasteiger partial charge in [-0.15, -0.1) is 0 Å². The molecule has 0 spiro atoms. The van der Waals surface area contributed by atoms with Crippen molar-refractivity contribution >= 4 is 11.6 Å². The van der Waals surface area contributed by atoms with Gasteiger partial charge < -0.3 is 15.0 Å². The molecule has 2 aromatic rings. The molecule has 1 aromatic heterocycles. The van der Waals surface area contributed by atoms with Crippen molar-refractivity contribution < 1.29 is 4.74 Å². The van der Waals surface area contributed by atoms with E-state index in [-0.39, 0.29) is 0 Å². The van der Waals surface area contributed by atoms with Crippen molar-refractivity contribution in [3.05, 3.63) is 35.1 Å². The number of benzene rings is 1. The molecule has 0 aliphatic carbocycles. The average molecular weight is 252 g/mol. The van der Waals surface area contributed by atoms with Gasteiger partial charge in [0.05, 0.1) is 18.4 Å². The molecule has 0 saturated carbocycles. The van der Waals surface area contributed by atoms with E-state index in [2.05, 4.69) is 4.98 Å². The predicted octanol–water partition coefficient (Wildman–Crippen LogP) is 2.21. The first-order valence-corrected chi connectivity index (χ1v) is 5.61. The van der Waals surface area contributed by atoms with E-state index in [0.717, 1.165) is 17.1 Å². The molecule has 0 radical (unpaired) electrons. The molecule has 0 atom stereocenters. The summed E-state index contributed by atoms with van der Waals surface area (Å²) in [5, 5.41) is 0.563. The van der Waals surface area contributed by atoms with E-state index in [1.54, 1.807) is 7.11 Å². The van der Waals surface area contributed by atoms with Crippen LogP contribution in [0.1, 0.15) is 5.69 Å². The zero-order valence-electron chi connectivity index (χ0n) is 9.77. The van der Waals surface area contributed by atoms with Crippen LogP contribution in [-0.4, -0.2) is 16.7 Å². The molecule has 0 bridgehead atoms. The Morgan fingerprint density at radius 2 is 2.12 bits per heavy atom. The normalized spacial score (nSPS) is 10.6. The highest BCUT2D eigenvalue weighted by Gasteiger charge is 2.15. The Kier molecular flexibility index (Phi) is 3.36. The number of para-hydroxylation sites is 1. The molecular weight excluding hydrogens is 238 g/mol. The molecule has 2 N–H and O–H groups in total. The van der Waals surface area contributed by atoms with E-state index in [9.17, 15) is 0 Å². The number of nitrogens with two attached hydrogens (primary N) is 1. The highest BCUT2D eigenvalue weighted by atomic mass is 35.5. The molecule has 0 amide bonds. The van der Waals surface area contributed by atoms with E-state index in [1.807, 2.05) is 35.9 Å². The van der Waals surface area contributed by atoms with Crippen LogP contribution in [-0.2, 0) is 13.6 Å². The van der Waals surface area contributed by atoms with Gasteiger partial charge in [-0.3, -0.25) is 0 Å². The maximum atomic E-state index is 6.14. The lowest BCUT2D eigenvalue weighted by molar-refractivity contribution is 0.416. The van der Waals surface area contributed by atoms with E-state index in [1.165, 1.54) is 0 Å². The Bertz CT molecular complexity index is 537. The van der Waals surface area contributed by atoms with Crippen molar-refractivity contribution in [3.8, 4) is 17.1 Å². The number of aromatic nitrogens is 2. The van der Waals surface area contributed by atoms with Gasteiger partial charge in [-0.25, -0.2) is 4.98 Å². The smallest absolute Gasteiger partial charge is 0.144 e. The summed E-state index contributed by atoms with van der Waals surface area (Å²) < 4.78 is 7.12. The summed E-state index contributed by atoms with van der Waals surface area (Å²) in [5.41, 5.74) is 7.18. The van der Waals surface area contributed by atoms with Crippen LogP contribution in [0, 0.1) is 0 Å². The van der Waals surface area contributed by atoms with Crippen LogP contribution in [0.2, 0.25) is 5.15 Å². The molecule has 1 aromatic carbocycles. The minimum absolute atomic E-state index is 0.321. The number of nitrogens with zero attached hydrogens (tertiary/aromatic N) is 2. The third kappa shape index (κ3) is 2.01. The zero-order valence-corrected chi connectivity index (χ0v) is 10.5. The lowest BCUT2D eigenvalue weighted by atomic mass is 10.2. The molecule has 0 saturated heterocycles. The Balaban J connectivity index is 2.60. The summed E-state index contributed by atoms with van der Waals surface area (Å²) in [6.45, 7) is 0.321. The lowest BCUT2D eigenvalue weighted by Gasteiger charge is -2.07. The highest BCUT2D eigenvalue weighted by Crippen LogP contribution is 2.31. The number of methoxy groups -OCH3 is 1. The van der Waals surface area contributed by atoms with Crippen molar-refractivity contribution in [1.29, 1.82) is 0 Å². The van der Waals surface area contributed by atoms with Crippen molar-refractivity contribution in [2.75, 3.05) is 7.11 Å². The van der Waals surface area contributed by atoms with E-state index in [0.29, 0.717) is 17.4 Å². The molecule has 2 rings (SSSR count). The number of hydrogen-bond donors (Lipinski definition) is 1. The average Bonchev–Trinajstić information content (AvgIpc) is 2.66. The zero-order chi connectivity index (χ0) is 12.4. The van der Waals surface area contributed by atoms with Gasteiger partial charge in [-0.05, 0) is 12.1 Å². The largest absolute Gasteiger partial charge is 0.496 e. The van der Waals surface area contributed by atoms with Crippen molar-refractivity contribution in [2.24, 2.45) is 12.8 Å². The summed E-state index contributed by atoms with van der Waals surface area (Å²) in [4.78, 5) is 4.43. The van der Waals surface area contributed by atoms with Gasteiger partial charge in [0.25, 0.3) is 0 Å². The number of rotatable bonds is 3. The maximum Gasteiger partial charge on any atom is 0.144 e. The van der Waals surface area contributed by atoms with Crippen LogP contribution in [0.25, 0.3) is 11.4 Å². The van der Waals surface area contributed by atoms with Crippen molar-refractivity contribution in [3.63, 3.8) is 0 Å². The van der Waals surface area contributed by atoms with Crippen LogP contribution >= 0.6 is 11.6 Å². The van der Waals surface area contributed by atoms with Gasteiger partial charge in [0.1, 0.15) is 16.7 Å². The molecular formula is C12H14ClN3O. The summed E-state index contributed by atoms with van der Waals surface area (Å²) in [5.74, 6) is 1.52. The Hall–Kier alpha value is -1.52. The fraction of sp³-hybridized carbons (Fsp3) is 0.250. The first-order valence-electron chi connectivity index (χ1n) is 5.23. The molecule has 0 unspecified atom stereocenters. The van der Waals surface area contributed by atoms with E-state index >= 15 is 0 Å². The molecule has 90 valence electrons. The molecule has 0 fully saturated rings. The van der Waals surface area contributed by atoms with Crippen LogP contribution in [0.5, 0.6) is 5.75 Å².